The number of hydrogen-bond acceptors (Lipinski definition) is 1. The monoisotopic (exact) mass is 451 g/mol. The van der Waals surface area contributed by atoms with Crippen LogP contribution in [0.5, 0.6) is 0 Å². The van der Waals surface area contributed by atoms with Crippen LogP contribution >= 0.6 is 57.4 Å². The van der Waals surface area contributed by atoms with E-state index in [0.717, 1.165) is 0 Å². The number of rotatable bonds is 1. The van der Waals surface area contributed by atoms with Crippen LogP contribution in [-0.2, 0) is 6.18 Å². The third-order valence-electron chi connectivity index (χ3n) is 2.40. The first-order valence-corrected chi connectivity index (χ1v) is 7.30. The summed E-state index contributed by atoms with van der Waals surface area (Å²) in [5.41, 5.74) is -0.581. The summed E-state index contributed by atoms with van der Waals surface area (Å²) in [5, 5.41) is 0.600. The average Bonchev–Trinajstić information content (AvgIpc) is 2.33. The molecule has 0 spiro atoms. The van der Waals surface area contributed by atoms with Crippen LogP contribution in [0.2, 0.25) is 15.1 Å². The van der Waals surface area contributed by atoms with Crippen LogP contribution in [0, 0.1) is 3.57 Å². The molecule has 2 aromatic rings. The molecular weight excluding hydrogens is 448 g/mol. The Kier molecular flexibility index (Phi) is 4.73. The lowest BCUT2D eigenvalue weighted by Gasteiger charge is -2.11. The molecule has 0 aliphatic heterocycles. The van der Waals surface area contributed by atoms with Gasteiger partial charge in [-0.3, -0.25) is 0 Å². The molecule has 0 atom stereocenters. The normalized spacial score (nSPS) is 11.8. The Labute approximate surface area is 141 Å². The van der Waals surface area contributed by atoms with Gasteiger partial charge in [-0.2, -0.15) is 13.2 Å². The molecule has 0 saturated heterocycles. The number of pyridine rings is 1. The van der Waals surface area contributed by atoms with E-state index in [2.05, 4.69) is 4.98 Å². The molecule has 1 aromatic carbocycles. The Morgan fingerprint density at radius 3 is 2.15 bits per heavy atom. The van der Waals surface area contributed by atoms with Crippen LogP contribution in [0.4, 0.5) is 13.2 Å². The fourth-order valence-corrected chi connectivity index (χ4v) is 2.76. The van der Waals surface area contributed by atoms with Crippen molar-refractivity contribution >= 4 is 57.4 Å². The molecule has 0 aliphatic rings. The van der Waals surface area contributed by atoms with Gasteiger partial charge in [-0.1, -0.05) is 34.8 Å². The van der Waals surface area contributed by atoms with E-state index >= 15 is 0 Å². The van der Waals surface area contributed by atoms with E-state index in [4.69, 9.17) is 34.8 Å². The number of alkyl halides is 3. The number of aromatic nitrogens is 1. The van der Waals surface area contributed by atoms with Crippen molar-refractivity contribution in [2.45, 2.75) is 6.18 Å². The minimum Gasteiger partial charge on any atom is -0.242 e. The molecule has 106 valence electrons. The summed E-state index contributed by atoms with van der Waals surface area (Å²) in [7, 11) is 0. The van der Waals surface area contributed by atoms with Crippen molar-refractivity contribution in [1.82, 2.24) is 4.98 Å². The van der Waals surface area contributed by atoms with E-state index in [9.17, 15) is 13.2 Å². The van der Waals surface area contributed by atoms with Crippen LogP contribution in [-0.4, -0.2) is 4.98 Å². The van der Waals surface area contributed by atoms with Gasteiger partial charge in [0, 0.05) is 9.13 Å². The topological polar surface area (TPSA) is 12.9 Å². The number of benzene rings is 1. The molecule has 0 aliphatic carbocycles. The molecule has 0 unspecified atom stereocenters. The summed E-state index contributed by atoms with van der Waals surface area (Å²) < 4.78 is 38.5. The molecule has 20 heavy (non-hydrogen) atoms. The third-order valence-corrected chi connectivity index (χ3v) is 4.31. The summed E-state index contributed by atoms with van der Waals surface area (Å²) in [6.45, 7) is 0. The number of halogens is 7. The van der Waals surface area contributed by atoms with Crippen molar-refractivity contribution in [3.8, 4) is 11.3 Å². The van der Waals surface area contributed by atoms with Crippen molar-refractivity contribution in [1.29, 1.82) is 0 Å². The molecule has 0 amide bonds. The second-order valence-corrected chi connectivity index (χ2v) is 6.15. The first-order chi connectivity index (χ1) is 9.20. The highest BCUT2D eigenvalue weighted by Crippen LogP contribution is 2.37. The van der Waals surface area contributed by atoms with Gasteiger partial charge in [-0.05, 0) is 46.9 Å². The Balaban J connectivity index is 2.63. The van der Waals surface area contributed by atoms with E-state index in [1.54, 1.807) is 22.6 Å². The van der Waals surface area contributed by atoms with Crippen molar-refractivity contribution < 1.29 is 13.2 Å². The summed E-state index contributed by atoms with van der Waals surface area (Å²) in [6.07, 6.45) is -4.53. The lowest BCUT2D eigenvalue weighted by atomic mass is 10.1. The maximum atomic E-state index is 12.8. The predicted octanol–water partition coefficient (Wildman–Crippen LogP) is 6.33. The van der Waals surface area contributed by atoms with Crippen LogP contribution in [0.1, 0.15) is 5.69 Å². The lowest BCUT2D eigenvalue weighted by Crippen LogP contribution is -2.11. The zero-order valence-corrected chi connectivity index (χ0v) is 13.8. The lowest BCUT2D eigenvalue weighted by molar-refractivity contribution is -0.141. The van der Waals surface area contributed by atoms with Crippen LogP contribution in [0.15, 0.2) is 24.3 Å². The van der Waals surface area contributed by atoms with Gasteiger partial charge >= 0.3 is 6.18 Å². The highest BCUT2D eigenvalue weighted by molar-refractivity contribution is 14.1. The van der Waals surface area contributed by atoms with Gasteiger partial charge in [-0.15, -0.1) is 0 Å². The molecule has 8 heteroatoms. The highest BCUT2D eigenvalue weighted by Gasteiger charge is 2.35. The molecule has 0 saturated carbocycles. The van der Waals surface area contributed by atoms with Crippen LogP contribution in [0.3, 0.4) is 0 Å². The largest absolute Gasteiger partial charge is 0.434 e. The average molecular weight is 452 g/mol. The second-order valence-electron chi connectivity index (χ2n) is 3.77. The fourth-order valence-electron chi connectivity index (χ4n) is 1.51. The van der Waals surface area contributed by atoms with Crippen molar-refractivity contribution in [3.63, 3.8) is 0 Å². The highest BCUT2D eigenvalue weighted by atomic mass is 127. The predicted molar refractivity (Wildman–Crippen MR) is 82.4 cm³/mol. The molecular formula is C12H4Cl3F3IN. The fraction of sp³-hybridized carbons (Fsp3) is 0.0833. The molecule has 0 fully saturated rings. The van der Waals surface area contributed by atoms with Crippen molar-refractivity contribution in [2.24, 2.45) is 0 Å². The summed E-state index contributed by atoms with van der Waals surface area (Å²) in [6, 6.07) is 5.53. The van der Waals surface area contributed by atoms with Crippen LogP contribution < -0.4 is 0 Å². The minimum absolute atomic E-state index is 0.00929. The zero-order valence-electron chi connectivity index (χ0n) is 9.40. The van der Waals surface area contributed by atoms with Gasteiger partial charge < -0.3 is 0 Å². The van der Waals surface area contributed by atoms with Crippen molar-refractivity contribution in [3.05, 3.63) is 48.6 Å². The van der Waals surface area contributed by atoms with E-state index in [1.807, 2.05) is 0 Å². The molecule has 1 nitrogen and oxygen atoms in total. The first kappa shape index (κ1) is 16.1. The molecule has 0 radical (unpaired) electrons. The van der Waals surface area contributed by atoms with Crippen molar-refractivity contribution in [2.75, 3.05) is 0 Å². The van der Waals surface area contributed by atoms with E-state index < -0.39 is 11.9 Å². The number of hydrogen-bond donors (Lipinski definition) is 0. The standard InChI is InChI=1S/C12H4Cl3F3IN/c13-6-4-8(15)7(14)3-5(6)10-2-1-9(19)11(20-10)12(16,17)18/h1-4H. The Bertz CT molecular complexity index is 674. The maximum absolute atomic E-state index is 12.8. The third kappa shape index (κ3) is 3.32. The smallest absolute Gasteiger partial charge is 0.242 e. The van der Waals surface area contributed by atoms with E-state index in [-0.39, 0.29) is 24.3 Å². The van der Waals surface area contributed by atoms with Gasteiger partial charge in [0.05, 0.1) is 20.8 Å². The maximum Gasteiger partial charge on any atom is 0.434 e. The molecule has 2 rings (SSSR count). The Morgan fingerprint density at radius 2 is 1.55 bits per heavy atom. The minimum atomic E-state index is -4.53. The van der Waals surface area contributed by atoms with Gasteiger partial charge in [-0.25, -0.2) is 4.98 Å². The number of nitrogens with zero attached hydrogens (tertiary/aromatic N) is 1. The van der Waals surface area contributed by atoms with E-state index in [1.165, 1.54) is 24.3 Å². The molecule has 1 heterocycles. The quantitative estimate of drug-likeness (QED) is 0.364. The van der Waals surface area contributed by atoms with Gasteiger partial charge in [0.25, 0.3) is 0 Å². The van der Waals surface area contributed by atoms with Gasteiger partial charge in [0.1, 0.15) is 0 Å². The summed E-state index contributed by atoms with van der Waals surface area (Å²) >= 11 is 19.2. The zero-order chi connectivity index (χ0) is 15.1. The first-order valence-electron chi connectivity index (χ1n) is 5.09. The second kappa shape index (κ2) is 5.87. The van der Waals surface area contributed by atoms with Gasteiger partial charge in [0.15, 0.2) is 5.69 Å². The molecule has 0 bridgehead atoms. The SMILES string of the molecule is FC(F)(F)c1nc(-c2cc(Cl)c(Cl)cc2Cl)ccc1I. The van der Waals surface area contributed by atoms with Gasteiger partial charge in [0.2, 0.25) is 0 Å². The summed E-state index contributed by atoms with van der Waals surface area (Å²) in [5.74, 6) is 0. The van der Waals surface area contributed by atoms with Crippen LogP contribution in [0.25, 0.3) is 11.3 Å². The Morgan fingerprint density at radius 1 is 0.950 bits per heavy atom. The summed E-state index contributed by atoms with van der Waals surface area (Å²) in [4.78, 5) is 3.63. The van der Waals surface area contributed by atoms with E-state index in [0.29, 0.717) is 5.56 Å². The molecule has 1 aromatic heterocycles. The Hall–Kier alpha value is -0.240. The molecule has 0 N–H and O–H groups in total.